The van der Waals surface area contributed by atoms with Crippen molar-refractivity contribution in [1.82, 2.24) is 0 Å². The van der Waals surface area contributed by atoms with Crippen LogP contribution in [0.25, 0.3) is 0 Å². The van der Waals surface area contributed by atoms with Crippen LogP contribution in [0.15, 0.2) is 28.7 Å². The Kier molecular flexibility index (Phi) is 5.91. The van der Waals surface area contributed by atoms with E-state index in [1.165, 1.54) is 18.4 Å². The van der Waals surface area contributed by atoms with Gasteiger partial charge in [-0.1, -0.05) is 64.3 Å². The molecule has 2 heteroatoms. The smallest absolute Gasteiger partial charge is 0.0175 e. The molecule has 1 aromatic rings. The molecule has 0 aliphatic rings. The molecule has 1 unspecified atom stereocenters. The maximum absolute atomic E-state index is 3.61. The summed E-state index contributed by atoms with van der Waals surface area (Å²) < 4.78 is 1.16. The van der Waals surface area contributed by atoms with E-state index in [-0.39, 0.29) is 0 Å². The summed E-state index contributed by atoms with van der Waals surface area (Å²) in [5.74, 6) is 1.45. The molecule has 1 atom stereocenters. The first-order valence-corrected chi connectivity index (χ1v) is 7.36. The van der Waals surface area contributed by atoms with E-state index in [0.717, 1.165) is 15.7 Å². The highest BCUT2D eigenvalue weighted by molar-refractivity contribution is 9.10. The van der Waals surface area contributed by atoms with Crippen molar-refractivity contribution in [2.45, 2.75) is 32.6 Å². The minimum atomic E-state index is 0.653. The van der Waals surface area contributed by atoms with Gasteiger partial charge in [0.2, 0.25) is 0 Å². The zero-order valence-corrected chi connectivity index (χ0v) is 12.5. The van der Waals surface area contributed by atoms with Gasteiger partial charge >= 0.3 is 0 Å². The van der Waals surface area contributed by atoms with Crippen LogP contribution in [0.4, 0.5) is 0 Å². The van der Waals surface area contributed by atoms with E-state index >= 15 is 0 Å². The summed E-state index contributed by atoms with van der Waals surface area (Å²) in [5.41, 5.74) is 1.44. The lowest BCUT2D eigenvalue weighted by Crippen LogP contribution is -2.02. The maximum Gasteiger partial charge on any atom is 0.0175 e. The van der Waals surface area contributed by atoms with Gasteiger partial charge < -0.3 is 0 Å². The second kappa shape index (κ2) is 6.70. The molecular weight excluding hydrogens is 316 g/mol. The first kappa shape index (κ1) is 13.2. The summed E-state index contributed by atoms with van der Waals surface area (Å²) in [6, 6.07) is 8.69. The molecule has 0 aromatic heterocycles. The molecule has 0 aliphatic carbocycles. The van der Waals surface area contributed by atoms with Crippen molar-refractivity contribution in [2.24, 2.45) is 5.92 Å². The molecule has 0 aliphatic heterocycles. The molecular formula is C13H18Br2. The van der Waals surface area contributed by atoms with E-state index in [9.17, 15) is 0 Å². The lowest BCUT2D eigenvalue weighted by Gasteiger charge is -2.15. The highest BCUT2D eigenvalue weighted by atomic mass is 79.9. The number of alkyl halides is 1. The molecule has 0 spiro atoms. The molecule has 0 saturated carbocycles. The molecule has 0 nitrogen and oxygen atoms in total. The van der Waals surface area contributed by atoms with Gasteiger partial charge in [0.1, 0.15) is 0 Å². The summed E-state index contributed by atoms with van der Waals surface area (Å²) >= 11 is 7.08. The average molecular weight is 334 g/mol. The summed E-state index contributed by atoms with van der Waals surface area (Å²) in [6.45, 7) is 4.57. The monoisotopic (exact) mass is 332 g/mol. The number of benzene rings is 1. The quantitative estimate of drug-likeness (QED) is 0.636. The predicted molar refractivity (Wildman–Crippen MR) is 74.7 cm³/mol. The van der Waals surface area contributed by atoms with E-state index in [0.29, 0.717) is 5.92 Å². The third-order valence-electron chi connectivity index (χ3n) is 2.62. The highest BCUT2D eigenvalue weighted by Crippen LogP contribution is 2.26. The van der Waals surface area contributed by atoms with Crippen LogP contribution in [0, 0.1) is 5.92 Å². The van der Waals surface area contributed by atoms with Crippen molar-refractivity contribution in [1.29, 1.82) is 0 Å². The number of halogens is 2. The van der Waals surface area contributed by atoms with E-state index < -0.39 is 0 Å². The average Bonchev–Trinajstić information content (AvgIpc) is 2.21. The van der Waals surface area contributed by atoms with Crippen molar-refractivity contribution in [3.05, 3.63) is 34.3 Å². The molecule has 15 heavy (non-hydrogen) atoms. The molecule has 1 aromatic carbocycles. The van der Waals surface area contributed by atoms with Crippen molar-refractivity contribution in [3.8, 4) is 0 Å². The fourth-order valence-corrected chi connectivity index (χ4v) is 2.56. The summed E-state index contributed by atoms with van der Waals surface area (Å²) in [4.78, 5) is 0. The molecule has 0 bridgehead atoms. The Balaban J connectivity index is 2.61. The van der Waals surface area contributed by atoms with Gasteiger partial charge in [-0.05, 0) is 36.0 Å². The Bertz CT molecular complexity index is 277. The van der Waals surface area contributed by atoms with Gasteiger partial charge in [0.15, 0.2) is 0 Å². The van der Waals surface area contributed by atoms with E-state index in [1.54, 1.807) is 0 Å². The standard InChI is InChI=1S/C13H18Br2/c1-10(2)3-4-12(9-14)11-5-7-13(15)8-6-11/h5-8,10,12H,3-4,9H2,1-2H3. The zero-order chi connectivity index (χ0) is 11.3. The van der Waals surface area contributed by atoms with Crippen molar-refractivity contribution < 1.29 is 0 Å². The van der Waals surface area contributed by atoms with Gasteiger partial charge in [0.05, 0.1) is 0 Å². The largest absolute Gasteiger partial charge is 0.0921 e. The maximum atomic E-state index is 3.61. The van der Waals surface area contributed by atoms with E-state index in [4.69, 9.17) is 0 Å². The summed E-state index contributed by atoms with van der Waals surface area (Å²) in [7, 11) is 0. The van der Waals surface area contributed by atoms with Crippen LogP contribution in [0.3, 0.4) is 0 Å². The van der Waals surface area contributed by atoms with Crippen LogP contribution in [0.5, 0.6) is 0 Å². The van der Waals surface area contributed by atoms with Crippen LogP contribution >= 0.6 is 31.9 Å². The second-order valence-electron chi connectivity index (χ2n) is 4.37. The Morgan fingerprint density at radius 2 is 1.67 bits per heavy atom. The van der Waals surface area contributed by atoms with Crippen LogP contribution in [-0.4, -0.2) is 5.33 Å². The molecule has 0 heterocycles. The van der Waals surface area contributed by atoms with Crippen molar-refractivity contribution in [3.63, 3.8) is 0 Å². The van der Waals surface area contributed by atoms with Gasteiger partial charge in [-0.3, -0.25) is 0 Å². The molecule has 0 radical (unpaired) electrons. The SMILES string of the molecule is CC(C)CCC(CBr)c1ccc(Br)cc1. The Labute approximate surface area is 110 Å². The number of rotatable bonds is 5. The Morgan fingerprint density at radius 3 is 2.13 bits per heavy atom. The minimum absolute atomic E-state index is 0.653. The summed E-state index contributed by atoms with van der Waals surface area (Å²) in [5, 5.41) is 1.06. The lowest BCUT2D eigenvalue weighted by atomic mass is 9.93. The third kappa shape index (κ3) is 4.69. The fraction of sp³-hybridized carbons (Fsp3) is 0.538. The van der Waals surface area contributed by atoms with Crippen molar-refractivity contribution in [2.75, 3.05) is 5.33 Å². The molecule has 0 saturated heterocycles. The molecule has 0 N–H and O–H groups in total. The van der Waals surface area contributed by atoms with Gasteiger partial charge in [-0.25, -0.2) is 0 Å². The zero-order valence-electron chi connectivity index (χ0n) is 9.34. The predicted octanol–water partition coefficient (Wildman–Crippen LogP) is 5.36. The number of hydrogen-bond donors (Lipinski definition) is 0. The van der Waals surface area contributed by atoms with Gasteiger partial charge in [-0.2, -0.15) is 0 Å². The van der Waals surface area contributed by atoms with Crippen LogP contribution < -0.4 is 0 Å². The van der Waals surface area contributed by atoms with Crippen LogP contribution in [0.2, 0.25) is 0 Å². The molecule has 1 rings (SSSR count). The Hall–Kier alpha value is 0.180. The van der Waals surface area contributed by atoms with Crippen LogP contribution in [0.1, 0.15) is 38.2 Å². The Morgan fingerprint density at radius 1 is 1.07 bits per heavy atom. The normalized spacial score (nSPS) is 13.1. The van der Waals surface area contributed by atoms with Gasteiger partial charge in [0.25, 0.3) is 0 Å². The second-order valence-corrected chi connectivity index (χ2v) is 5.94. The van der Waals surface area contributed by atoms with Crippen LogP contribution in [-0.2, 0) is 0 Å². The summed E-state index contributed by atoms with van der Waals surface area (Å²) in [6.07, 6.45) is 2.57. The number of hydrogen-bond acceptors (Lipinski definition) is 0. The fourth-order valence-electron chi connectivity index (χ4n) is 1.60. The molecule has 0 fully saturated rings. The topological polar surface area (TPSA) is 0 Å². The molecule has 84 valence electrons. The lowest BCUT2D eigenvalue weighted by molar-refractivity contribution is 0.521. The van der Waals surface area contributed by atoms with E-state index in [2.05, 4.69) is 70.0 Å². The minimum Gasteiger partial charge on any atom is -0.0921 e. The van der Waals surface area contributed by atoms with E-state index in [1.807, 2.05) is 0 Å². The van der Waals surface area contributed by atoms with Gasteiger partial charge in [-0.15, -0.1) is 0 Å². The highest BCUT2D eigenvalue weighted by Gasteiger charge is 2.10. The van der Waals surface area contributed by atoms with Crippen molar-refractivity contribution >= 4 is 31.9 Å². The van der Waals surface area contributed by atoms with Gasteiger partial charge in [0, 0.05) is 9.80 Å². The third-order valence-corrected chi connectivity index (χ3v) is 3.93. The first-order chi connectivity index (χ1) is 7.13. The molecule has 0 amide bonds. The first-order valence-electron chi connectivity index (χ1n) is 5.45.